The molecule has 0 aliphatic heterocycles. The Kier molecular flexibility index (Phi) is 4.77. The Balaban J connectivity index is 3.34. The van der Waals surface area contributed by atoms with Crippen molar-refractivity contribution in [2.75, 3.05) is 0 Å². The first kappa shape index (κ1) is 18.5. The van der Waals surface area contributed by atoms with Crippen LogP contribution in [0.4, 0.5) is 36.8 Å². The summed E-state index contributed by atoms with van der Waals surface area (Å²) in [6.45, 7) is 0. The minimum Gasteiger partial charge on any atom is -0.450 e. The number of nitro groups is 1. The number of non-ortho nitro benzene ring substituents is 1. The molecule has 0 amide bonds. The van der Waals surface area contributed by atoms with Crippen LogP contribution in [0.3, 0.4) is 0 Å². The lowest BCUT2D eigenvalue weighted by Gasteiger charge is -2.35. The van der Waals surface area contributed by atoms with E-state index < -0.39 is 46.7 Å². The second-order valence-corrected chi connectivity index (χ2v) is 4.29. The standard InChI is InChI=1S/C11H7F6NO5/c12-10(13,14)9(11(15,16)17,23-8(19)20)5-6-1-3-7(4-2-6)18(21)22/h1-4H,5H2,(H,19,20). The van der Waals surface area contributed by atoms with Crippen molar-refractivity contribution in [1.82, 2.24) is 0 Å². The molecule has 0 spiro atoms. The minimum absolute atomic E-state index is 0.558. The van der Waals surface area contributed by atoms with Crippen molar-refractivity contribution in [2.24, 2.45) is 0 Å². The molecule has 1 aromatic rings. The highest BCUT2D eigenvalue weighted by Crippen LogP contribution is 2.48. The van der Waals surface area contributed by atoms with Crippen LogP contribution in [0, 0.1) is 10.1 Å². The molecule has 128 valence electrons. The number of nitrogens with zero attached hydrogens (tertiary/aromatic N) is 1. The summed E-state index contributed by atoms with van der Waals surface area (Å²) >= 11 is 0. The fourth-order valence-corrected chi connectivity index (χ4v) is 1.68. The molecule has 12 heteroatoms. The van der Waals surface area contributed by atoms with Crippen LogP contribution in [0.25, 0.3) is 0 Å². The van der Waals surface area contributed by atoms with Crippen LogP contribution in [0.1, 0.15) is 5.56 Å². The van der Waals surface area contributed by atoms with E-state index in [0.29, 0.717) is 24.3 Å². The topological polar surface area (TPSA) is 89.7 Å². The lowest BCUT2D eigenvalue weighted by molar-refractivity contribution is -0.384. The number of benzene rings is 1. The van der Waals surface area contributed by atoms with Gasteiger partial charge in [-0.3, -0.25) is 10.1 Å². The van der Waals surface area contributed by atoms with Crippen LogP contribution < -0.4 is 0 Å². The summed E-state index contributed by atoms with van der Waals surface area (Å²) in [5, 5.41) is 18.7. The average molecular weight is 347 g/mol. The zero-order chi connectivity index (χ0) is 18.1. The number of hydrogen-bond donors (Lipinski definition) is 1. The van der Waals surface area contributed by atoms with Gasteiger partial charge in [-0.2, -0.15) is 26.3 Å². The summed E-state index contributed by atoms with van der Waals surface area (Å²) in [6, 6.07) is 2.67. The number of ether oxygens (including phenoxy) is 1. The Hall–Kier alpha value is -2.53. The van der Waals surface area contributed by atoms with E-state index in [0.717, 1.165) is 0 Å². The highest BCUT2D eigenvalue weighted by Gasteiger charge is 2.74. The van der Waals surface area contributed by atoms with Crippen molar-refractivity contribution in [3.63, 3.8) is 0 Å². The maximum absolute atomic E-state index is 12.9. The molecule has 0 unspecified atom stereocenters. The lowest BCUT2D eigenvalue weighted by atomic mass is 9.92. The summed E-state index contributed by atoms with van der Waals surface area (Å²) in [5.74, 6) is 0. The van der Waals surface area contributed by atoms with E-state index >= 15 is 0 Å². The summed E-state index contributed by atoms with van der Waals surface area (Å²) in [7, 11) is 0. The van der Waals surface area contributed by atoms with Crippen molar-refractivity contribution in [1.29, 1.82) is 0 Å². The van der Waals surface area contributed by atoms with Gasteiger partial charge in [-0.15, -0.1) is 0 Å². The van der Waals surface area contributed by atoms with Crippen molar-refractivity contribution in [2.45, 2.75) is 24.4 Å². The highest BCUT2D eigenvalue weighted by molar-refractivity contribution is 5.58. The second kappa shape index (κ2) is 5.93. The molecule has 23 heavy (non-hydrogen) atoms. The Labute approximate surface area is 123 Å². The third-order valence-corrected chi connectivity index (χ3v) is 2.78. The minimum atomic E-state index is -6.09. The number of nitro benzene ring substituents is 1. The van der Waals surface area contributed by atoms with Crippen LogP contribution >= 0.6 is 0 Å². The van der Waals surface area contributed by atoms with E-state index in [2.05, 4.69) is 4.74 Å². The van der Waals surface area contributed by atoms with E-state index in [4.69, 9.17) is 5.11 Å². The lowest BCUT2D eigenvalue weighted by Crippen LogP contribution is -2.61. The molecule has 1 N–H and O–H groups in total. The van der Waals surface area contributed by atoms with Gasteiger partial charge in [0.15, 0.2) is 0 Å². The molecule has 6 nitrogen and oxygen atoms in total. The average Bonchev–Trinajstić information content (AvgIpc) is 2.35. The molecule has 0 atom stereocenters. The van der Waals surface area contributed by atoms with E-state index in [1.807, 2.05) is 0 Å². The third kappa shape index (κ3) is 3.81. The number of alkyl halides is 6. The Bertz CT molecular complexity index is 580. The van der Waals surface area contributed by atoms with Gasteiger partial charge in [-0.05, 0) is 5.56 Å². The fraction of sp³-hybridized carbons (Fsp3) is 0.364. The molecule has 1 rings (SSSR count). The molecule has 0 fully saturated rings. The van der Waals surface area contributed by atoms with Crippen LogP contribution in [-0.2, 0) is 11.2 Å². The molecule has 0 aliphatic rings. The second-order valence-electron chi connectivity index (χ2n) is 4.29. The third-order valence-electron chi connectivity index (χ3n) is 2.78. The number of halogens is 6. The summed E-state index contributed by atoms with van der Waals surface area (Å²) in [6.07, 6.45) is -16.9. The number of carbonyl (C=O) groups is 1. The van der Waals surface area contributed by atoms with Crippen LogP contribution in [0.15, 0.2) is 24.3 Å². The normalized spacial score (nSPS) is 12.8. The van der Waals surface area contributed by atoms with E-state index in [1.165, 1.54) is 0 Å². The monoisotopic (exact) mass is 347 g/mol. The number of rotatable bonds is 4. The molecule has 0 radical (unpaired) electrons. The first-order valence-corrected chi connectivity index (χ1v) is 5.59. The van der Waals surface area contributed by atoms with Gasteiger partial charge in [0, 0.05) is 18.6 Å². The largest absolute Gasteiger partial charge is 0.507 e. The highest BCUT2D eigenvalue weighted by atomic mass is 19.4. The first-order chi connectivity index (χ1) is 10.3. The molecular weight excluding hydrogens is 340 g/mol. The Morgan fingerprint density at radius 3 is 1.83 bits per heavy atom. The fourth-order valence-electron chi connectivity index (χ4n) is 1.68. The quantitative estimate of drug-likeness (QED) is 0.388. The van der Waals surface area contributed by atoms with Gasteiger partial charge in [-0.1, -0.05) is 12.1 Å². The van der Waals surface area contributed by atoms with Gasteiger partial charge in [0.25, 0.3) is 5.69 Å². The predicted molar refractivity (Wildman–Crippen MR) is 60.8 cm³/mol. The number of hydrogen-bond acceptors (Lipinski definition) is 4. The van der Waals surface area contributed by atoms with Crippen molar-refractivity contribution in [3.05, 3.63) is 39.9 Å². The SMILES string of the molecule is O=C(O)OC(Cc1ccc([N+](=O)[O-])cc1)(C(F)(F)F)C(F)(F)F. The Morgan fingerprint density at radius 2 is 1.52 bits per heavy atom. The van der Waals surface area contributed by atoms with E-state index in [9.17, 15) is 41.3 Å². The van der Waals surface area contributed by atoms with Crippen LogP contribution in [0.2, 0.25) is 0 Å². The van der Waals surface area contributed by atoms with Crippen LogP contribution in [0.5, 0.6) is 0 Å². The molecular formula is C11H7F6NO5. The molecule has 0 bridgehead atoms. The molecule has 0 saturated carbocycles. The van der Waals surface area contributed by atoms with Gasteiger partial charge in [0.2, 0.25) is 0 Å². The zero-order valence-corrected chi connectivity index (χ0v) is 10.8. The maximum atomic E-state index is 12.9. The molecule has 1 aromatic carbocycles. The molecule has 0 heterocycles. The van der Waals surface area contributed by atoms with Crippen molar-refractivity contribution in [3.8, 4) is 0 Å². The van der Waals surface area contributed by atoms with Gasteiger partial charge < -0.3 is 9.84 Å². The maximum Gasteiger partial charge on any atom is 0.507 e. The van der Waals surface area contributed by atoms with E-state index in [-0.39, 0.29) is 0 Å². The van der Waals surface area contributed by atoms with E-state index in [1.54, 1.807) is 0 Å². The van der Waals surface area contributed by atoms with Gasteiger partial charge in [-0.25, -0.2) is 4.79 Å². The van der Waals surface area contributed by atoms with Gasteiger partial charge in [0.1, 0.15) is 0 Å². The molecule has 0 saturated heterocycles. The first-order valence-electron chi connectivity index (χ1n) is 5.59. The summed E-state index contributed by atoms with van der Waals surface area (Å²) in [4.78, 5) is 19.8. The summed E-state index contributed by atoms with van der Waals surface area (Å²) < 4.78 is 80.6. The smallest absolute Gasteiger partial charge is 0.450 e. The zero-order valence-electron chi connectivity index (χ0n) is 10.8. The van der Waals surface area contributed by atoms with Crippen molar-refractivity contribution < 1.29 is 45.9 Å². The number of carboxylic acid groups (broad SMARTS) is 1. The van der Waals surface area contributed by atoms with Gasteiger partial charge >= 0.3 is 24.1 Å². The van der Waals surface area contributed by atoms with Crippen molar-refractivity contribution >= 4 is 11.8 Å². The molecule has 0 aliphatic carbocycles. The summed E-state index contributed by atoms with van der Waals surface area (Å²) in [5.41, 5.74) is -6.19. The predicted octanol–water partition coefficient (Wildman–Crippen LogP) is 3.70. The van der Waals surface area contributed by atoms with Gasteiger partial charge in [0.05, 0.1) is 4.92 Å². The van der Waals surface area contributed by atoms with Crippen LogP contribution in [-0.4, -0.2) is 34.1 Å². The molecule has 0 aromatic heterocycles. The Morgan fingerprint density at radius 1 is 1.09 bits per heavy atom.